The second-order valence-electron chi connectivity index (χ2n) is 6.54. The lowest BCUT2D eigenvalue weighted by molar-refractivity contribution is 0.102. The van der Waals surface area contributed by atoms with Crippen molar-refractivity contribution in [2.75, 3.05) is 29.6 Å². The van der Waals surface area contributed by atoms with Gasteiger partial charge in [-0.2, -0.15) is 8.42 Å². The average Bonchev–Trinajstić information content (AvgIpc) is 2.70. The molecule has 0 spiro atoms. The number of benzene rings is 3. The van der Waals surface area contributed by atoms with Crippen molar-refractivity contribution in [2.24, 2.45) is 0 Å². The Morgan fingerprint density at radius 1 is 0.903 bits per heavy atom. The first-order chi connectivity index (χ1) is 14.5. The van der Waals surface area contributed by atoms with Crippen LogP contribution in [0.25, 0.3) is 0 Å². The molecule has 3 rings (SSSR count). The van der Waals surface area contributed by atoms with Crippen LogP contribution in [0.1, 0.15) is 15.9 Å². The molecule has 0 fully saturated rings. The number of nitrogens with two attached hydrogens (primary N) is 3. The van der Waals surface area contributed by atoms with Crippen LogP contribution >= 0.6 is 0 Å². The highest BCUT2D eigenvalue weighted by atomic mass is 32.2. The SMILES string of the molecule is COc1cc(N)cc(C)c1NC(=O)c1ccc(N)cc1.Nc1ccc(S(=O)(=O)O)cc1. The predicted molar refractivity (Wildman–Crippen MR) is 122 cm³/mol. The van der Waals surface area contributed by atoms with Crippen molar-refractivity contribution in [1.29, 1.82) is 0 Å². The number of hydrogen-bond donors (Lipinski definition) is 5. The normalized spacial score (nSPS) is 10.5. The van der Waals surface area contributed by atoms with Crippen molar-refractivity contribution in [3.8, 4) is 5.75 Å². The first kappa shape index (κ1) is 23.5. The Balaban J connectivity index is 0.000000262. The van der Waals surface area contributed by atoms with Crippen LogP contribution in [0.5, 0.6) is 5.75 Å². The minimum atomic E-state index is -4.08. The number of nitrogens with one attached hydrogen (secondary N) is 1. The van der Waals surface area contributed by atoms with E-state index in [4.69, 9.17) is 26.5 Å². The minimum absolute atomic E-state index is 0.147. The van der Waals surface area contributed by atoms with Crippen LogP contribution in [0.2, 0.25) is 0 Å². The summed E-state index contributed by atoms with van der Waals surface area (Å²) in [4.78, 5) is 12.0. The van der Waals surface area contributed by atoms with Crippen LogP contribution < -0.4 is 27.3 Å². The van der Waals surface area contributed by atoms with Gasteiger partial charge in [-0.3, -0.25) is 9.35 Å². The summed E-state index contributed by atoms with van der Waals surface area (Å²) in [6.45, 7) is 1.86. The van der Waals surface area contributed by atoms with Gasteiger partial charge in [0.05, 0.1) is 17.7 Å². The van der Waals surface area contributed by atoms with Crippen molar-refractivity contribution in [2.45, 2.75) is 11.8 Å². The highest BCUT2D eigenvalue weighted by Crippen LogP contribution is 2.31. The Bertz CT molecular complexity index is 1160. The lowest BCUT2D eigenvalue weighted by Gasteiger charge is -2.14. The molecule has 1 amide bonds. The zero-order valence-corrected chi connectivity index (χ0v) is 17.8. The molecule has 0 saturated carbocycles. The van der Waals surface area contributed by atoms with E-state index >= 15 is 0 Å². The van der Waals surface area contributed by atoms with E-state index in [1.807, 2.05) is 6.92 Å². The Hall–Kier alpha value is -3.76. The number of amides is 1. The summed E-state index contributed by atoms with van der Waals surface area (Å²) in [5, 5.41) is 2.83. The van der Waals surface area contributed by atoms with Gasteiger partial charge in [0, 0.05) is 28.7 Å². The monoisotopic (exact) mass is 444 g/mol. The number of methoxy groups -OCH3 is 1. The molecule has 0 aliphatic carbocycles. The third-order valence-corrected chi connectivity index (χ3v) is 5.00. The topological polar surface area (TPSA) is 171 Å². The molecule has 0 radical (unpaired) electrons. The van der Waals surface area contributed by atoms with Gasteiger partial charge in [-0.1, -0.05) is 0 Å². The maximum absolute atomic E-state index is 12.2. The number of carbonyl (C=O) groups excluding carboxylic acids is 1. The molecule has 3 aromatic carbocycles. The van der Waals surface area contributed by atoms with Crippen LogP contribution in [0.3, 0.4) is 0 Å². The molecule has 3 aromatic rings. The predicted octanol–water partition coefficient (Wildman–Crippen LogP) is 2.94. The summed E-state index contributed by atoms with van der Waals surface area (Å²) in [6, 6.07) is 15.5. The van der Waals surface area contributed by atoms with Gasteiger partial charge in [0.15, 0.2) is 0 Å². The minimum Gasteiger partial charge on any atom is -0.494 e. The highest BCUT2D eigenvalue weighted by molar-refractivity contribution is 7.85. The van der Waals surface area contributed by atoms with Crippen molar-refractivity contribution < 1.29 is 22.5 Å². The van der Waals surface area contributed by atoms with Crippen molar-refractivity contribution in [1.82, 2.24) is 0 Å². The van der Waals surface area contributed by atoms with Crippen molar-refractivity contribution in [3.63, 3.8) is 0 Å². The average molecular weight is 445 g/mol. The smallest absolute Gasteiger partial charge is 0.294 e. The molecule has 8 N–H and O–H groups in total. The maximum Gasteiger partial charge on any atom is 0.294 e. The van der Waals surface area contributed by atoms with Gasteiger partial charge >= 0.3 is 0 Å². The zero-order chi connectivity index (χ0) is 23.2. The fourth-order valence-corrected chi connectivity index (χ4v) is 3.04. The Kier molecular flexibility index (Phi) is 7.46. The molecule has 0 atom stereocenters. The lowest BCUT2D eigenvalue weighted by atomic mass is 10.1. The largest absolute Gasteiger partial charge is 0.494 e. The quantitative estimate of drug-likeness (QED) is 0.302. The van der Waals surface area contributed by atoms with E-state index in [1.165, 1.54) is 31.4 Å². The summed E-state index contributed by atoms with van der Waals surface area (Å²) in [5.41, 5.74) is 20.3. The summed E-state index contributed by atoms with van der Waals surface area (Å²) < 4.78 is 34.7. The van der Waals surface area contributed by atoms with Gasteiger partial charge in [0.1, 0.15) is 5.75 Å². The molecule has 0 aliphatic heterocycles. The van der Waals surface area contributed by atoms with Crippen molar-refractivity contribution >= 4 is 38.8 Å². The summed E-state index contributed by atoms with van der Waals surface area (Å²) >= 11 is 0. The van der Waals surface area contributed by atoms with E-state index in [-0.39, 0.29) is 10.8 Å². The van der Waals surface area contributed by atoms with E-state index in [9.17, 15) is 13.2 Å². The fraction of sp³-hybridized carbons (Fsp3) is 0.0952. The van der Waals surface area contributed by atoms with Gasteiger partial charge in [0.2, 0.25) is 0 Å². The number of nitrogen functional groups attached to an aromatic ring is 3. The second kappa shape index (κ2) is 9.83. The third-order valence-electron chi connectivity index (χ3n) is 4.13. The maximum atomic E-state index is 12.2. The van der Waals surface area contributed by atoms with Gasteiger partial charge in [-0.15, -0.1) is 0 Å². The van der Waals surface area contributed by atoms with E-state index in [0.29, 0.717) is 34.1 Å². The summed E-state index contributed by atoms with van der Waals surface area (Å²) in [7, 11) is -2.54. The fourth-order valence-electron chi connectivity index (χ4n) is 2.56. The van der Waals surface area contributed by atoms with E-state index < -0.39 is 10.1 Å². The van der Waals surface area contributed by atoms with Crippen LogP contribution in [-0.2, 0) is 10.1 Å². The number of rotatable bonds is 4. The number of ether oxygens (including phenoxy) is 1. The molecule has 0 aliphatic rings. The Morgan fingerprint density at radius 2 is 1.42 bits per heavy atom. The molecule has 10 heteroatoms. The number of hydrogen-bond acceptors (Lipinski definition) is 7. The first-order valence-electron chi connectivity index (χ1n) is 8.95. The first-order valence-corrected chi connectivity index (χ1v) is 10.4. The number of aryl methyl sites for hydroxylation is 1. The van der Waals surface area contributed by atoms with Gasteiger partial charge in [-0.25, -0.2) is 0 Å². The van der Waals surface area contributed by atoms with Crippen molar-refractivity contribution in [3.05, 3.63) is 71.8 Å². The number of carbonyl (C=O) groups is 1. The van der Waals surface area contributed by atoms with Crippen LogP contribution in [0, 0.1) is 6.92 Å². The molecular formula is C21H24N4O5S. The third kappa shape index (κ3) is 6.63. The highest BCUT2D eigenvalue weighted by Gasteiger charge is 2.13. The molecule has 164 valence electrons. The second-order valence-corrected chi connectivity index (χ2v) is 7.96. The molecule has 0 unspecified atom stereocenters. The van der Waals surface area contributed by atoms with Crippen LogP contribution in [-0.4, -0.2) is 26.0 Å². The van der Waals surface area contributed by atoms with Crippen LogP contribution in [0.15, 0.2) is 65.6 Å². The summed E-state index contributed by atoms with van der Waals surface area (Å²) in [5.74, 6) is 0.308. The Morgan fingerprint density at radius 3 is 1.90 bits per heavy atom. The standard InChI is InChI=1S/C15H17N3O2.C6H7NO3S/c1-9-7-12(17)8-13(20-2)14(9)18-15(19)10-3-5-11(16)6-4-10;7-5-1-3-6(4-2-5)11(8,9)10/h3-8H,16-17H2,1-2H3,(H,18,19);1-4H,7H2,(H,8,9,10). The van der Waals surface area contributed by atoms with Crippen LogP contribution in [0.4, 0.5) is 22.7 Å². The number of anilines is 4. The van der Waals surface area contributed by atoms with Gasteiger partial charge in [-0.05, 0) is 67.1 Å². The van der Waals surface area contributed by atoms with Gasteiger partial charge < -0.3 is 27.3 Å². The molecule has 31 heavy (non-hydrogen) atoms. The zero-order valence-electron chi connectivity index (χ0n) is 17.0. The van der Waals surface area contributed by atoms with E-state index in [0.717, 1.165) is 5.56 Å². The molecule has 9 nitrogen and oxygen atoms in total. The molecule has 0 aromatic heterocycles. The van der Waals surface area contributed by atoms with E-state index in [1.54, 1.807) is 36.4 Å². The molecule has 0 heterocycles. The van der Waals surface area contributed by atoms with Gasteiger partial charge in [0.25, 0.3) is 16.0 Å². The Labute approximate surface area is 180 Å². The molecule has 0 saturated heterocycles. The molecule has 0 bridgehead atoms. The molecular weight excluding hydrogens is 420 g/mol. The van der Waals surface area contributed by atoms with E-state index in [2.05, 4.69) is 5.32 Å². The lowest BCUT2D eigenvalue weighted by Crippen LogP contribution is -2.14. The summed E-state index contributed by atoms with van der Waals surface area (Å²) in [6.07, 6.45) is 0.